The van der Waals surface area contributed by atoms with E-state index in [-0.39, 0.29) is 5.96 Å². The highest BCUT2D eigenvalue weighted by molar-refractivity contribution is 5.87. The number of carbonyl (C=O) groups excluding carboxylic acids is 2. The average Bonchev–Trinajstić information content (AvgIpc) is 2.15. The summed E-state index contributed by atoms with van der Waals surface area (Å²) in [4.78, 5) is 23.1. The average molecular weight is 230 g/mol. The predicted octanol–water partition coefficient (Wildman–Crippen LogP) is -0.991. The SMILES string of the molecule is CC(=O)OC(=O)[C@@H](N)CCCN(C)C(=N)N. The zero-order chi connectivity index (χ0) is 12.7. The lowest BCUT2D eigenvalue weighted by molar-refractivity contribution is -0.159. The molecule has 0 fully saturated rings. The first-order chi connectivity index (χ1) is 7.34. The zero-order valence-electron chi connectivity index (χ0n) is 9.53. The summed E-state index contributed by atoms with van der Waals surface area (Å²) < 4.78 is 4.33. The molecule has 0 aliphatic rings. The van der Waals surface area contributed by atoms with Crippen LogP contribution in [0.25, 0.3) is 0 Å². The third-order valence-electron chi connectivity index (χ3n) is 1.97. The summed E-state index contributed by atoms with van der Waals surface area (Å²) in [5.74, 6) is -1.43. The second-order valence-corrected chi connectivity index (χ2v) is 3.47. The first-order valence-electron chi connectivity index (χ1n) is 4.87. The van der Waals surface area contributed by atoms with Crippen LogP contribution >= 0.6 is 0 Å². The van der Waals surface area contributed by atoms with E-state index >= 15 is 0 Å². The van der Waals surface area contributed by atoms with Crippen molar-refractivity contribution in [1.82, 2.24) is 4.90 Å². The highest BCUT2D eigenvalue weighted by atomic mass is 16.6. The molecule has 0 saturated carbocycles. The minimum Gasteiger partial charge on any atom is -0.392 e. The zero-order valence-corrected chi connectivity index (χ0v) is 9.53. The molecule has 16 heavy (non-hydrogen) atoms. The topological polar surface area (TPSA) is 122 Å². The molecule has 0 bridgehead atoms. The van der Waals surface area contributed by atoms with E-state index in [0.717, 1.165) is 6.92 Å². The third kappa shape index (κ3) is 5.97. The molecule has 0 aromatic heterocycles. The minimum atomic E-state index is -0.816. The highest BCUT2D eigenvalue weighted by Crippen LogP contribution is 1.99. The smallest absolute Gasteiger partial charge is 0.330 e. The van der Waals surface area contributed by atoms with E-state index in [0.29, 0.717) is 19.4 Å². The molecule has 0 aromatic carbocycles. The standard InChI is InChI=1S/C9H18N4O3/c1-6(14)16-8(15)7(10)4-3-5-13(2)9(11)12/h7H,3-5,10H2,1-2H3,(H3,11,12)/t7-/m0/s1. The van der Waals surface area contributed by atoms with Crippen LogP contribution in [0.3, 0.4) is 0 Å². The van der Waals surface area contributed by atoms with Crippen LogP contribution in [0, 0.1) is 5.41 Å². The Morgan fingerprint density at radius 3 is 2.50 bits per heavy atom. The van der Waals surface area contributed by atoms with Crippen LogP contribution in [0.1, 0.15) is 19.8 Å². The molecule has 0 aromatic rings. The second-order valence-electron chi connectivity index (χ2n) is 3.47. The van der Waals surface area contributed by atoms with Crippen molar-refractivity contribution in [3.63, 3.8) is 0 Å². The van der Waals surface area contributed by atoms with Crippen molar-refractivity contribution in [2.45, 2.75) is 25.8 Å². The van der Waals surface area contributed by atoms with Crippen LogP contribution < -0.4 is 11.5 Å². The Morgan fingerprint density at radius 2 is 2.06 bits per heavy atom. The maximum atomic E-state index is 11.1. The van der Waals surface area contributed by atoms with Gasteiger partial charge >= 0.3 is 11.9 Å². The van der Waals surface area contributed by atoms with Crippen LogP contribution in [-0.2, 0) is 14.3 Å². The normalized spacial score (nSPS) is 11.7. The molecule has 0 amide bonds. The minimum absolute atomic E-state index is 0.0418. The fraction of sp³-hybridized carbons (Fsp3) is 0.667. The summed E-state index contributed by atoms with van der Waals surface area (Å²) in [5, 5.41) is 7.10. The first kappa shape index (κ1) is 14.4. The fourth-order valence-corrected chi connectivity index (χ4v) is 1.00. The third-order valence-corrected chi connectivity index (χ3v) is 1.97. The molecule has 1 atom stereocenters. The van der Waals surface area contributed by atoms with Crippen LogP contribution in [0.2, 0.25) is 0 Å². The first-order valence-corrected chi connectivity index (χ1v) is 4.87. The van der Waals surface area contributed by atoms with E-state index in [2.05, 4.69) is 4.74 Å². The summed E-state index contributed by atoms with van der Waals surface area (Å²) >= 11 is 0. The molecular weight excluding hydrogens is 212 g/mol. The summed E-state index contributed by atoms with van der Waals surface area (Å²) in [6.07, 6.45) is 0.966. The Kier molecular flexibility index (Phi) is 6.09. The summed E-state index contributed by atoms with van der Waals surface area (Å²) in [6, 6.07) is -0.816. The quantitative estimate of drug-likeness (QED) is 0.241. The van der Waals surface area contributed by atoms with Gasteiger partial charge in [0.25, 0.3) is 0 Å². The van der Waals surface area contributed by atoms with E-state index in [4.69, 9.17) is 16.9 Å². The van der Waals surface area contributed by atoms with Gasteiger partial charge in [-0.05, 0) is 12.8 Å². The molecule has 0 unspecified atom stereocenters. The van der Waals surface area contributed by atoms with Crippen molar-refractivity contribution in [1.29, 1.82) is 5.41 Å². The van der Waals surface area contributed by atoms with Crippen molar-refractivity contribution in [2.75, 3.05) is 13.6 Å². The molecule has 0 radical (unpaired) electrons. The van der Waals surface area contributed by atoms with Gasteiger partial charge in [0.2, 0.25) is 0 Å². The van der Waals surface area contributed by atoms with E-state index in [1.165, 1.54) is 4.90 Å². The van der Waals surface area contributed by atoms with E-state index in [9.17, 15) is 9.59 Å². The fourth-order valence-electron chi connectivity index (χ4n) is 1.00. The van der Waals surface area contributed by atoms with Gasteiger partial charge in [0, 0.05) is 20.5 Å². The Bertz CT molecular complexity index is 280. The van der Waals surface area contributed by atoms with Crippen LogP contribution in [0.15, 0.2) is 0 Å². The predicted molar refractivity (Wildman–Crippen MR) is 58.5 cm³/mol. The lowest BCUT2D eigenvalue weighted by Crippen LogP contribution is -2.36. The monoisotopic (exact) mass is 230 g/mol. The van der Waals surface area contributed by atoms with Gasteiger partial charge in [-0.15, -0.1) is 0 Å². The number of hydrogen-bond donors (Lipinski definition) is 3. The van der Waals surface area contributed by atoms with Crippen molar-refractivity contribution >= 4 is 17.9 Å². The number of carbonyl (C=O) groups is 2. The maximum Gasteiger partial charge on any atom is 0.330 e. The van der Waals surface area contributed by atoms with Crippen LogP contribution in [0.5, 0.6) is 0 Å². The van der Waals surface area contributed by atoms with Gasteiger partial charge in [-0.2, -0.15) is 0 Å². The van der Waals surface area contributed by atoms with Gasteiger partial charge in [0.05, 0.1) is 0 Å². The van der Waals surface area contributed by atoms with Crippen molar-refractivity contribution in [2.24, 2.45) is 11.5 Å². The molecule has 92 valence electrons. The molecule has 7 heteroatoms. The van der Waals surface area contributed by atoms with Crippen molar-refractivity contribution in [3.8, 4) is 0 Å². The van der Waals surface area contributed by atoms with Gasteiger partial charge in [-0.1, -0.05) is 0 Å². The van der Waals surface area contributed by atoms with Gasteiger partial charge in [-0.25, -0.2) is 4.79 Å². The van der Waals surface area contributed by atoms with Crippen LogP contribution in [0.4, 0.5) is 0 Å². The Morgan fingerprint density at radius 1 is 1.50 bits per heavy atom. The van der Waals surface area contributed by atoms with Gasteiger partial charge in [0.15, 0.2) is 5.96 Å². The number of nitrogens with two attached hydrogens (primary N) is 2. The van der Waals surface area contributed by atoms with Crippen molar-refractivity contribution in [3.05, 3.63) is 0 Å². The van der Waals surface area contributed by atoms with Gasteiger partial charge < -0.3 is 21.1 Å². The number of ether oxygens (including phenoxy) is 1. The lowest BCUT2D eigenvalue weighted by Gasteiger charge is -2.17. The molecule has 0 heterocycles. The number of hydrogen-bond acceptors (Lipinski definition) is 5. The molecular formula is C9H18N4O3. The second kappa shape index (κ2) is 6.78. The molecule has 7 nitrogen and oxygen atoms in total. The largest absolute Gasteiger partial charge is 0.392 e. The number of esters is 2. The number of guanidine groups is 1. The molecule has 0 aliphatic heterocycles. The summed E-state index contributed by atoms with van der Waals surface area (Å²) in [7, 11) is 1.67. The van der Waals surface area contributed by atoms with Gasteiger partial charge in [-0.3, -0.25) is 10.2 Å². The molecule has 5 N–H and O–H groups in total. The van der Waals surface area contributed by atoms with Crippen LogP contribution in [-0.4, -0.2) is 42.4 Å². The highest BCUT2D eigenvalue weighted by Gasteiger charge is 2.16. The summed E-state index contributed by atoms with van der Waals surface area (Å²) in [5.41, 5.74) is 10.7. The van der Waals surface area contributed by atoms with E-state index in [1.54, 1.807) is 7.05 Å². The molecule has 0 saturated heterocycles. The van der Waals surface area contributed by atoms with Gasteiger partial charge in [0.1, 0.15) is 6.04 Å². The lowest BCUT2D eigenvalue weighted by atomic mass is 10.1. The number of rotatable bonds is 5. The Hall–Kier alpha value is -1.63. The summed E-state index contributed by atoms with van der Waals surface area (Å²) in [6.45, 7) is 1.67. The molecule has 0 aliphatic carbocycles. The van der Waals surface area contributed by atoms with E-state index < -0.39 is 18.0 Å². The maximum absolute atomic E-state index is 11.1. The number of nitrogens with one attached hydrogen (secondary N) is 1. The number of nitrogens with zero attached hydrogens (tertiary/aromatic N) is 1. The van der Waals surface area contributed by atoms with E-state index in [1.807, 2.05) is 0 Å². The molecule has 0 rings (SSSR count). The Labute approximate surface area is 94.2 Å². The van der Waals surface area contributed by atoms with Crippen molar-refractivity contribution < 1.29 is 14.3 Å². The Balaban J connectivity index is 3.81. The molecule has 0 spiro atoms.